The van der Waals surface area contributed by atoms with Gasteiger partial charge in [0.25, 0.3) is 0 Å². The van der Waals surface area contributed by atoms with Crippen LogP contribution in [0.25, 0.3) is 0 Å². The predicted octanol–water partition coefficient (Wildman–Crippen LogP) is 3.21. The van der Waals surface area contributed by atoms with Gasteiger partial charge in [0.2, 0.25) is 5.91 Å². The average molecular weight is 337 g/mol. The number of nitriles is 1. The Kier molecular flexibility index (Phi) is 7.00. The molecule has 0 atom stereocenters. The molecule has 2 aromatic rings. The molecule has 5 heteroatoms. The van der Waals surface area contributed by atoms with Crippen LogP contribution in [-0.4, -0.2) is 37.6 Å². The second kappa shape index (κ2) is 9.45. The maximum atomic E-state index is 12.0. The Balaban J connectivity index is 1.64. The van der Waals surface area contributed by atoms with Gasteiger partial charge in [-0.15, -0.1) is 0 Å². The van der Waals surface area contributed by atoms with Gasteiger partial charge in [-0.25, -0.2) is 0 Å². The van der Waals surface area contributed by atoms with Crippen LogP contribution in [0, 0.1) is 18.3 Å². The Bertz CT molecular complexity index is 718. The molecule has 5 nitrogen and oxygen atoms in total. The Morgan fingerprint density at radius 3 is 2.44 bits per heavy atom. The van der Waals surface area contributed by atoms with Crippen LogP contribution in [0.1, 0.15) is 17.5 Å². The van der Waals surface area contributed by atoms with Crippen LogP contribution in [0.15, 0.2) is 48.5 Å². The van der Waals surface area contributed by atoms with Gasteiger partial charge in [0.1, 0.15) is 12.4 Å². The summed E-state index contributed by atoms with van der Waals surface area (Å²) in [7, 11) is 1.97. The van der Waals surface area contributed by atoms with Gasteiger partial charge in [-0.05, 0) is 50.4 Å². The molecule has 2 rings (SSSR count). The van der Waals surface area contributed by atoms with Crippen LogP contribution in [0.5, 0.6) is 5.75 Å². The van der Waals surface area contributed by atoms with Crippen LogP contribution in [0.3, 0.4) is 0 Å². The number of rotatable bonds is 8. The van der Waals surface area contributed by atoms with Crippen LogP contribution in [-0.2, 0) is 4.79 Å². The number of hydrogen-bond donors (Lipinski definition) is 1. The maximum absolute atomic E-state index is 12.0. The van der Waals surface area contributed by atoms with Gasteiger partial charge in [-0.1, -0.05) is 17.7 Å². The van der Waals surface area contributed by atoms with E-state index in [4.69, 9.17) is 10.00 Å². The molecule has 0 fully saturated rings. The zero-order valence-corrected chi connectivity index (χ0v) is 14.7. The largest absolute Gasteiger partial charge is 0.492 e. The molecular weight excluding hydrogens is 314 g/mol. The predicted molar refractivity (Wildman–Crippen MR) is 98.6 cm³/mol. The van der Waals surface area contributed by atoms with E-state index in [0.29, 0.717) is 30.8 Å². The molecule has 25 heavy (non-hydrogen) atoms. The normalized spacial score (nSPS) is 10.3. The van der Waals surface area contributed by atoms with E-state index in [-0.39, 0.29) is 5.91 Å². The molecule has 1 N–H and O–H groups in total. The smallest absolute Gasteiger partial charge is 0.225 e. The highest BCUT2D eigenvalue weighted by molar-refractivity contribution is 5.90. The van der Waals surface area contributed by atoms with E-state index in [2.05, 4.69) is 16.3 Å². The van der Waals surface area contributed by atoms with Crippen LogP contribution in [0.4, 0.5) is 5.69 Å². The molecule has 0 saturated carbocycles. The highest BCUT2D eigenvalue weighted by Gasteiger charge is 2.06. The minimum atomic E-state index is -0.0454. The molecule has 0 radical (unpaired) electrons. The lowest BCUT2D eigenvalue weighted by atomic mass is 10.2. The number of benzene rings is 2. The van der Waals surface area contributed by atoms with E-state index in [1.54, 1.807) is 24.3 Å². The quantitative estimate of drug-likeness (QED) is 0.803. The summed E-state index contributed by atoms with van der Waals surface area (Å²) in [5.74, 6) is 0.813. The van der Waals surface area contributed by atoms with E-state index in [9.17, 15) is 4.79 Å². The van der Waals surface area contributed by atoms with Gasteiger partial charge in [-0.2, -0.15) is 5.26 Å². The number of likely N-dealkylation sites (N-methyl/N-ethyl adjacent to an activating group) is 1. The molecule has 0 bridgehead atoms. The first kappa shape index (κ1) is 18.5. The van der Waals surface area contributed by atoms with Crippen molar-refractivity contribution < 1.29 is 9.53 Å². The molecule has 1 amide bonds. The summed E-state index contributed by atoms with van der Waals surface area (Å²) in [4.78, 5) is 14.0. The number of carbonyl (C=O) groups excluding carboxylic acids is 1. The number of amides is 1. The molecule has 0 aliphatic carbocycles. The number of nitrogens with one attached hydrogen (secondary N) is 1. The lowest BCUT2D eigenvalue weighted by Gasteiger charge is -2.16. The second-order valence-electron chi connectivity index (χ2n) is 5.95. The number of ether oxygens (including phenoxy) is 1. The summed E-state index contributed by atoms with van der Waals surface area (Å²) < 4.78 is 5.69. The molecule has 0 aliphatic heterocycles. The molecule has 0 saturated heterocycles. The minimum absolute atomic E-state index is 0.0454. The summed E-state index contributed by atoms with van der Waals surface area (Å²) in [6, 6.07) is 16.8. The minimum Gasteiger partial charge on any atom is -0.492 e. The van der Waals surface area contributed by atoms with E-state index >= 15 is 0 Å². The molecule has 2 aromatic carbocycles. The first-order valence-electron chi connectivity index (χ1n) is 8.25. The van der Waals surface area contributed by atoms with E-state index in [1.807, 2.05) is 38.2 Å². The zero-order valence-electron chi connectivity index (χ0n) is 14.7. The van der Waals surface area contributed by atoms with Gasteiger partial charge in [0, 0.05) is 25.2 Å². The summed E-state index contributed by atoms with van der Waals surface area (Å²) in [5, 5.41) is 11.6. The maximum Gasteiger partial charge on any atom is 0.225 e. The number of nitrogens with zero attached hydrogens (tertiary/aromatic N) is 2. The standard InChI is InChI=1S/C20H23N3O2/c1-16-3-9-19(10-4-16)25-14-13-23(2)12-11-20(24)22-18-7-5-17(15-21)6-8-18/h3-10H,11-14H2,1-2H3,(H,22,24). The summed E-state index contributed by atoms with van der Waals surface area (Å²) in [6.45, 7) is 4.02. The number of aryl methyl sites for hydroxylation is 1. The monoisotopic (exact) mass is 337 g/mol. The second-order valence-corrected chi connectivity index (χ2v) is 5.95. The van der Waals surface area contributed by atoms with Crippen molar-refractivity contribution in [1.29, 1.82) is 5.26 Å². The Morgan fingerprint density at radius 1 is 1.12 bits per heavy atom. The van der Waals surface area contributed by atoms with Crippen LogP contribution >= 0.6 is 0 Å². The van der Waals surface area contributed by atoms with Crippen molar-refractivity contribution >= 4 is 11.6 Å². The molecule has 0 aromatic heterocycles. The van der Waals surface area contributed by atoms with Gasteiger partial charge < -0.3 is 15.0 Å². The Labute approximate surface area is 148 Å². The van der Waals surface area contributed by atoms with Gasteiger partial charge in [0.05, 0.1) is 11.6 Å². The van der Waals surface area contributed by atoms with E-state index < -0.39 is 0 Å². The number of carbonyl (C=O) groups is 1. The number of hydrogen-bond acceptors (Lipinski definition) is 4. The molecule has 0 spiro atoms. The van der Waals surface area contributed by atoms with Crippen molar-refractivity contribution in [3.05, 3.63) is 59.7 Å². The first-order chi connectivity index (χ1) is 12.1. The van der Waals surface area contributed by atoms with Crippen LogP contribution < -0.4 is 10.1 Å². The van der Waals surface area contributed by atoms with Gasteiger partial charge >= 0.3 is 0 Å². The summed E-state index contributed by atoms with van der Waals surface area (Å²) >= 11 is 0. The summed E-state index contributed by atoms with van der Waals surface area (Å²) in [6.07, 6.45) is 0.404. The third kappa shape index (κ3) is 6.66. The Hall–Kier alpha value is -2.84. The number of anilines is 1. The highest BCUT2D eigenvalue weighted by Crippen LogP contribution is 2.11. The van der Waals surface area contributed by atoms with Gasteiger partial charge in [0.15, 0.2) is 0 Å². The van der Waals surface area contributed by atoms with Crippen molar-refractivity contribution in [2.45, 2.75) is 13.3 Å². The SMILES string of the molecule is Cc1ccc(OCCN(C)CCC(=O)Nc2ccc(C#N)cc2)cc1. The van der Waals surface area contributed by atoms with Crippen molar-refractivity contribution in [2.24, 2.45) is 0 Å². The van der Waals surface area contributed by atoms with Gasteiger partial charge in [-0.3, -0.25) is 4.79 Å². The van der Waals surface area contributed by atoms with Crippen molar-refractivity contribution in [3.8, 4) is 11.8 Å². The van der Waals surface area contributed by atoms with Crippen molar-refractivity contribution in [1.82, 2.24) is 4.90 Å². The first-order valence-corrected chi connectivity index (χ1v) is 8.25. The molecule has 130 valence electrons. The molecule has 0 unspecified atom stereocenters. The molecular formula is C20H23N3O2. The fourth-order valence-electron chi connectivity index (χ4n) is 2.21. The van der Waals surface area contributed by atoms with Crippen LogP contribution in [0.2, 0.25) is 0 Å². The molecule has 0 aliphatic rings. The lowest BCUT2D eigenvalue weighted by Crippen LogP contribution is -2.28. The Morgan fingerprint density at radius 2 is 1.80 bits per heavy atom. The van der Waals surface area contributed by atoms with E-state index in [1.165, 1.54) is 5.56 Å². The molecule has 0 heterocycles. The lowest BCUT2D eigenvalue weighted by molar-refractivity contribution is -0.116. The van der Waals surface area contributed by atoms with Crippen molar-refractivity contribution in [3.63, 3.8) is 0 Å². The topological polar surface area (TPSA) is 65.4 Å². The highest BCUT2D eigenvalue weighted by atomic mass is 16.5. The fraction of sp³-hybridized carbons (Fsp3) is 0.300. The van der Waals surface area contributed by atoms with E-state index in [0.717, 1.165) is 12.3 Å². The average Bonchev–Trinajstić information content (AvgIpc) is 2.62. The third-order valence-corrected chi connectivity index (χ3v) is 3.78. The summed E-state index contributed by atoms with van der Waals surface area (Å²) in [5.41, 5.74) is 2.48. The van der Waals surface area contributed by atoms with Crippen molar-refractivity contribution in [2.75, 3.05) is 32.1 Å². The zero-order chi connectivity index (χ0) is 18.1. The third-order valence-electron chi connectivity index (χ3n) is 3.78. The fourth-order valence-corrected chi connectivity index (χ4v) is 2.21.